The number of para-hydroxylation sites is 1. The Labute approximate surface area is 214 Å². The number of rotatable bonds is 9. The van der Waals surface area contributed by atoms with Crippen molar-refractivity contribution in [3.05, 3.63) is 59.9 Å². The molecular weight excluding hydrogens is 450 g/mol. The van der Waals surface area contributed by atoms with E-state index in [1.807, 2.05) is 35.2 Å². The summed E-state index contributed by atoms with van der Waals surface area (Å²) >= 11 is 0. The van der Waals surface area contributed by atoms with Gasteiger partial charge in [0.25, 0.3) is 0 Å². The Morgan fingerprint density at radius 1 is 1.00 bits per heavy atom. The molecule has 0 saturated carbocycles. The average molecular weight is 490 g/mol. The predicted octanol–water partition coefficient (Wildman–Crippen LogP) is 4.47. The lowest BCUT2D eigenvalue weighted by Gasteiger charge is -2.34. The van der Waals surface area contributed by atoms with E-state index in [0.29, 0.717) is 25.6 Å². The second-order valence-corrected chi connectivity index (χ2v) is 10.1. The molecule has 192 valence electrons. The van der Waals surface area contributed by atoms with Gasteiger partial charge in [0.15, 0.2) is 0 Å². The number of nitrogens with zero attached hydrogens (tertiary/aromatic N) is 5. The second kappa shape index (κ2) is 12.1. The summed E-state index contributed by atoms with van der Waals surface area (Å²) in [6, 6.07) is 16.2. The number of carbonyl (C=O) groups is 1. The smallest absolute Gasteiger partial charge is 0.321 e. The maximum atomic E-state index is 12.8. The lowest BCUT2D eigenvalue weighted by Crippen LogP contribution is -2.49. The Kier molecular flexibility index (Phi) is 8.72. The number of amides is 2. The summed E-state index contributed by atoms with van der Waals surface area (Å²) < 4.78 is 0. The molecule has 1 fully saturated rings. The molecule has 2 amide bonds. The van der Waals surface area contributed by atoms with Gasteiger partial charge in [-0.3, -0.25) is 4.90 Å². The van der Waals surface area contributed by atoms with E-state index in [0.717, 1.165) is 60.8 Å². The summed E-state index contributed by atoms with van der Waals surface area (Å²) in [6.07, 6.45) is 1.05. The Hall–Kier alpha value is -3.23. The van der Waals surface area contributed by atoms with E-state index < -0.39 is 0 Å². The van der Waals surface area contributed by atoms with E-state index >= 15 is 0 Å². The lowest BCUT2D eigenvalue weighted by molar-refractivity contribution is 0.141. The molecule has 4 rings (SSSR count). The van der Waals surface area contributed by atoms with Gasteiger partial charge in [-0.2, -0.15) is 0 Å². The van der Waals surface area contributed by atoms with Crippen molar-refractivity contribution in [1.82, 2.24) is 24.7 Å². The number of urea groups is 1. The molecule has 2 heterocycles. The van der Waals surface area contributed by atoms with Crippen molar-refractivity contribution in [2.45, 2.75) is 32.7 Å². The number of aromatic nitrogens is 2. The molecule has 0 radical (unpaired) electrons. The van der Waals surface area contributed by atoms with Gasteiger partial charge in [-0.15, -0.1) is 0 Å². The number of hydrogen-bond acceptors (Lipinski definition) is 6. The summed E-state index contributed by atoms with van der Waals surface area (Å²) in [4.78, 5) is 28.9. The Bertz CT molecular complexity index is 1140. The number of anilines is 2. The Morgan fingerprint density at radius 3 is 2.42 bits per heavy atom. The van der Waals surface area contributed by atoms with Crippen molar-refractivity contribution in [1.29, 1.82) is 0 Å². The summed E-state index contributed by atoms with van der Waals surface area (Å²) in [5, 5.41) is 7.60. The van der Waals surface area contributed by atoms with E-state index in [4.69, 9.17) is 9.97 Å². The van der Waals surface area contributed by atoms with Crippen LogP contribution in [-0.2, 0) is 6.54 Å². The molecule has 1 aromatic heterocycles. The van der Waals surface area contributed by atoms with E-state index in [-0.39, 0.29) is 6.03 Å². The molecule has 2 N–H and O–H groups in total. The van der Waals surface area contributed by atoms with Crippen molar-refractivity contribution < 1.29 is 4.79 Å². The largest absolute Gasteiger partial charge is 0.369 e. The highest BCUT2D eigenvalue weighted by atomic mass is 16.2. The molecule has 0 bridgehead atoms. The standard InChI is InChI=1S/C28H39N7O/c1-21(2)22-10-12-23(13-11-22)30-28(36)35-18-16-34(17-19-35)20-26-31-25-9-6-5-8-24(25)27(32-26)29-14-7-15-33(3)4/h5-6,8-13,21H,7,14-20H2,1-4H3,(H,30,36)(H,29,31,32). The summed E-state index contributed by atoms with van der Waals surface area (Å²) in [5.74, 6) is 2.19. The first-order valence-corrected chi connectivity index (χ1v) is 12.9. The van der Waals surface area contributed by atoms with Crippen LogP contribution in [0.15, 0.2) is 48.5 Å². The highest BCUT2D eigenvalue weighted by Gasteiger charge is 2.22. The van der Waals surface area contributed by atoms with Crippen molar-refractivity contribution >= 4 is 28.4 Å². The van der Waals surface area contributed by atoms with E-state index in [2.05, 4.69) is 66.6 Å². The second-order valence-electron chi connectivity index (χ2n) is 10.1. The fraction of sp³-hybridized carbons (Fsp3) is 0.464. The molecule has 3 aromatic rings. The van der Waals surface area contributed by atoms with Crippen LogP contribution in [0, 0.1) is 0 Å². The number of carbonyl (C=O) groups excluding carboxylic acids is 1. The third-order valence-corrected chi connectivity index (χ3v) is 6.58. The Balaban J connectivity index is 1.33. The normalized spacial score (nSPS) is 14.6. The number of nitrogens with one attached hydrogen (secondary N) is 2. The van der Waals surface area contributed by atoms with Gasteiger partial charge in [0.2, 0.25) is 0 Å². The van der Waals surface area contributed by atoms with Crippen LogP contribution >= 0.6 is 0 Å². The molecule has 0 aliphatic carbocycles. The predicted molar refractivity (Wildman–Crippen MR) is 148 cm³/mol. The number of benzene rings is 2. The third kappa shape index (κ3) is 6.92. The first-order valence-electron chi connectivity index (χ1n) is 12.9. The topological polar surface area (TPSA) is 76.6 Å². The summed E-state index contributed by atoms with van der Waals surface area (Å²) in [5.41, 5.74) is 3.06. The van der Waals surface area contributed by atoms with Crippen LogP contribution in [0.3, 0.4) is 0 Å². The highest BCUT2D eigenvalue weighted by Crippen LogP contribution is 2.21. The lowest BCUT2D eigenvalue weighted by atomic mass is 10.0. The summed E-state index contributed by atoms with van der Waals surface area (Å²) in [7, 11) is 4.18. The minimum absolute atomic E-state index is 0.0434. The summed E-state index contributed by atoms with van der Waals surface area (Å²) in [6.45, 7) is 9.85. The molecule has 0 unspecified atom stereocenters. The Morgan fingerprint density at radius 2 is 1.72 bits per heavy atom. The zero-order valence-corrected chi connectivity index (χ0v) is 22.0. The van der Waals surface area contributed by atoms with Crippen LogP contribution in [0.1, 0.15) is 37.6 Å². The monoisotopic (exact) mass is 489 g/mol. The molecule has 36 heavy (non-hydrogen) atoms. The van der Waals surface area contributed by atoms with Crippen LogP contribution in [0.25, 0.3) is 10.9 Å². The number of piperazine rings is 1. The highest BCUT2D eigenvalue weighted by molar-refractivity contribution is 5.90. The zero-order chi connectivity index (χ0) is 25.5. The molecule has 8 nitrogen and oxygen atoms in total. The maximum Gasteiger partial charge on any atom is 0.321 e. The van der Waals surface area contributed by atoms with Gasteiger partial charge in [-0.05, 0) is 62.8 Å². The molecule has 0 atom stereocenters. The maximum absolute atomic E-state index is 12.8. The SMILES string of the molecule is CC(C)c1ccc(NC(=O)N2CCN(Cc3nc(NCCCN(C)C)c4ccccc4n3)CC2)cc1. The molecule has 1 saturated heterocycles. The van der Waals surface area contributed by atoms with Crippen molar-refractivity contribution in [2.24, 2.45) is 0 Å². The van der Waals surface area contributed by atoms with Crippen LogP contribution in [0.5, 0.6) is 0 Å². The minimum atomic E-state index is -0.0434. The van der Waals surface area contributed by atoms with Gasteiger partial charge in [0.05, 0.1) is 12.1 Å². The molecule has 2 aromatic carbocycles. The first-order chi connectivity index (χ1) is 17.4. The zero-order valence-electron chi connectivity index (χ0n) is 22.0. The molecule has 1 aliphatic heterocycles. The van der Waals surface area contributed by atoms with Crippen LogP contribution in [-0.4, -0.2) is 84.1 Å². The van der Waals surface area contributed by atoms with Crippen LogP contribution in [0.2, 0.25) is 0 Å². The molecule has 0 spiro atoms. The van der Waals surface area contributed by atoms with Crippen molar-refractivity contribution in [2.75, 3.05) is 64.0 Å². The van der Waals surface area contributed by atoms with E-state index in [1.165, 1.54) is 5.56 Å². The molecule has 1 aliphatic rings. The fourth-order valence-corrected chi connectivity index (χ4v) is 4.40. The van der Waals surface area contributed by atoms with E-state index in [9.17, 15) is 4.79 Å². The molecular formula is C28H39N7O. The quantitative estimate of drug-likeness (QED) is 0.432. The van der Waals surface area contributed by atoms with E-state index in [1.54, 1.807) is 0 Å². The van der Waals surface area contributed by atoms with Gasteiger partial charge < -0.3 is 20.4 Å². The minimum Gasteiger partial charge on any atom is -0.369 e. The fourth-order valence-electron chi connectivity index (χ4n) is 4.40. The number of fused-ring (bicyclic) bond motifs is 1. The third-order valence-electron chi connectivity index (χ3n) is 6.58. The van der Waals surface area contributed by atoms with Gasteiger partial charge in [-0.25, -0.2) is 14.8 Å². The van der Waals surface area contributed by atoms with Gasteiger partial charge >= 0.3 is 6.03 Å². The van der Waals surface area contributed by atoms with Crippen molar-refractivity contribution in [3.8, 4) is 0 Å². The van der Waals surface area contributed by atoms with Crippen LogP contribution < -0.4 is 10.6 Å². The van der Waals surface area contributed by atoms with Crippen LogP contribution in [0.4, 0.5) is 16.3 Å². The average Bonchev–Trinajstić information content (AvgIpc) is 2.87. The number of hydrogen-bond donors (Lipinski definition) is 2. The van der Waals surface area contributed by atoms with Gasteiger partial charge in [0.1, 0.15) is 11.6 Å². The molecule has 8 heteroatoms. The van der Waals surface area contributed by atoms with Gasteiger partial charge in [-0.1, -0.05) is 38.1 Å². The first kappa shape index (κ1) is 25.9. The van der Waals surface area contributed by atoms with Crippen molar-refractivity contribution in [3.63, 3.8) is 0 Å². The van der Waals surface area contributed by atoms with Gasteiger partial charge in [0, 0.05) is 43.8 Å².